The highest BCUT2D eigenvalue weighted by Crippen LogP contribution is 2.22. The molecule has 2 aromatic rings. The molecule has 0 saturated carbocycles. The van der Waals surface area contributed by atoms with Crippen LogP contribution >= 0.6 is 11.8 Å². The molecule has 1 aromatic heterocycles. The number of ether oxygens (including phenoxy) is 1. The van der Waals surface area contributed by atoms with Gasteiger partial charge in [0.05, 0.1) is 12.7 Å². The van der Waals surface area contributed by atoms with Gasteiger partial charge in [-0.3, -0.25) is 0 Å². The number of benzene rings is 1. The monoisotopic (exact) mass is 263 g/mol. The molecule has 1 heterocycles. The summed E-state index contributed by atoms with van der Waals surface area (Å²) in [4.78, 5) is 11.6. The van der Waals surface area contributed by atoms with Crippen molar-refractivity contribution in [1.29, 1.82) is 0 Å². The maximum absolute atomic E-state index is 11.6. The average Bonchev–Trinajstić information content (AvgIpc) is 2.81. The zero-order valence-electron chi connectivity index (χ0n) is 10.2. The zero-order valence-corrected chi connectivity index (χ0v) is 11.0. The van der Waals surface area contributed by atoms with Gasteiger partial charge >= 0.3 is 5.97 Å². The Morgan fingerprint density at radius 3 is 2.89 bits per heavy atom. The van der Waals surface area contributed by atoms with Gasteiger partial charge in [0.15, 0.2) is 5.16 Å². The van der Waals surface area contributed by atoms with E-state index in [0.717, 1.165) is 10.7 Å². The van der Waals surface area contributed by atoms with Gasteiger partial charge < -0.3 is 9.30 Å². The van der Waals surface area contributed by atoms with Crippen LogP contribution in [0.1, 0.15) is 15.9 Å². The first-order valence-electron chi connectivity index (χ1n) is 5.35. The van der Waals surface area contributed by atoms with Crippen LogP contribution < -0.4 is 0 Å². The summed E-state index contributed by atoms with van der Waals surface area (Å²) in [5.74, 6) is 0.335. The van der Waals surface area contributed by atoms with Crippen molar-refractivity contribution in [3.05, 3.63) is 41.7 Å². The van der Waals surface area contributed by atoms with E-state index < -0.39 is 0 Å². The Balaban J connectivity index is 2.14. The van der Waals surface area contributed by atoms with Crippen LogP contribution in [0.5, 0.6) is 0 Å². The van der Waals surface area contributed by atoms with E-state index in [2.05, 4.69) is 10.2 Å². The topological polar surface area (TPSA) is 57.0 Å². The Labute approximate surface area is 109 Å². The van der Waals surface area contributed by atoms with Gasteiger partial charge in [-0.2, -0.15) is 0 Å². The molecule has 0 aliphatic carbocycles. The van der Waals surface area contributed by atoms with Crippen LogP contribution in [0.25, 0.3) is 0 Å². The predicted molar refractivity (Wildman–Crippen MR) is 68.3 cm³/mol. The Morgan fingerprint density at radius 1 is 1.44 bits per heavy atom. The molecule has 18 heavy (non-hydrogen) atoms. The van der Waals surface area contributed by atoms with Crippen LogP contribution in [0, 0.1) is 0 Å². The number of aromatic nitrogens is 3. The molecule has 0 amide bonds. The molecule has 0 N–H and O–H groups in total. The second-order valence-electron chi connectivity index (χ2n) is 3.66. The molecule has 1 aromatic carbocycles. The third-order valence-corrected chi connectivity index (χ3v) is 3.53. The van der Waals surface area contributed by atoms with Gasteiger partial charge in [-0.15, -0.1) is 10.2 Å². The van der Waals surface area contributed by atoms with Crippen molar-refractivity contribution in [3.8, 4) is 0 Å². The van der Waals surface area contributed by atoms with Crippen LogP contribution in [0.3, 0.4) is 0 Å². The minimum atomic E-state index is -0.316. The summed E-state index contributed by atoms with van der Waals surface area (Å²) < 4.78 is 6.60. The van der Waals surface area contributed by atoms with Gasteiger partial charge in [0.25, 0.3) is 0 Å². The third kappa shape index (κ3) is 2.70. The van der Waals surface area contributed by atoms with Gasteiger partial charge in [-0.25, -0.2) is 4.79 Å². The Hall–Kier alpha value is -1.82. The van der Waals surface area contributed by atoms with E-state index in [-0.39, 0.29) is 5.97 Å². The van der Waals surface area contributed by atoms with Crippen molar-refractivity contribution in [2.75, 3.05) is 7.11 Å². The van der Waals surface area contributed by atoms with Gasteiger partial charge in [-0.1, -0.05) is 30.0 Å². The molecule has 0 fully saturated rings. The number of carbonyl (C=O) groups excluding carboxylic acids is 1. The minimum absolute atomic E-state index is 0.316. The molecule has 6 heteroatoms. The number of aryl methyl sites for hydroxylation is 1. The van der Waals surface area contributed by atoms with E-state index in [4.69, 9.17) is 4.74 Å². The molecular formula is C12H13N3O2S. The lowest BCUT2D eigenvalue weighted by Crippen LogP contribution is -2.05. The smallest absolute Gasteiger partial charge is 0.338 e. The van der Waals surface area contributed by atoms with Gasteiger partial charge in [0, 0.05) is 12.8 Å². The van der Waals surface area contributed by atoms with Crippen LogP contribution in [0.2, 0.25) is 0 Å². The first-order chi connectivity index (χ1) is 8.72. The maximum Gasteiger partial charge on any atom is 0.338 e. The number of rotatable bonds is 4. The Bertz CT molecular complexity index is 554. The molecule has 0 aliphatic rings. The highest BCUT2D eigenvalue weighted by molar-refractivity contribution is 7.98. The van der Waals surface area contributed by atoms with Crippen molar-refractivity contribution in [2.45, 2.75) is 10.9 Å². The minimum Gasteiger partial charge on any atom is -0.465 e. The van der Waals surface area contributed by atoms with Crippen LogP contribution in [0.4, 0.5) is 0 Å². The van der Waals surface area contributed by atoms with Crippen molar-refractivity contribution >= 4 is 17.7 Å². The number of esters is 1. The molecule has 0 radical (unpaired) electrons. The van der Waals surface area contributed by atoms with E-state index in [0.29, 0.717) is 11.3 Å². The molecule has 0 saturated heterocycles. The second-order valence-corrected chi connectivity index (χ2v) is 4.60. The van der Waals surface area contributed by atoms with E-state index in [9.17, 15) is 4.79 Å². The standard InChI is InChI=1S/C12H13N3O2S/c1-15-8-13-14-12(15)18-7-9-5-3-4-6-10(9)11(16)17-2/h3-6,8H,7H2,1-2H3. The summed E-state index contributed by atoms with van der Waals surface area (Å²) in [6.45, 7) is 0. The number of hydrogen-bond donors (Lipinski definition) is 0. The van der Waals surface area contributed by atoms with Crippen molar-refractivity contribution in [1.82, 2.24) is 14.8 Å². The molecule has 0 aliphatic heterocycles. The lowest BCUT2D eigenvalue weighted by molar-refractivity contribution is 0.0600. The molecule has 0 spiro atoms. The molecular weight excluding hydrogens is 250 g/mol. The SMILES string of the molecule is COC(=O)c1ccccc1CSc1nncn1C. The first kappa shape index (κ1) is 12.6. The van der Waals surface area contributed by atoms with Gasteiger partial charge in [-0.05, 0) is 11.6 Å². The molecule has 0 unspecified atom stereocenters. The normalized spacial score (nSPS) is 10.3. The highest BCUT2D eigenvalue weighted by Gasteiger charge is 2.12. The fraction of sp³-hybridized carbons (Fsp3) is 0.250. The predicted octanol–water partition coefficient (Wildman–Crippen LogP) is 1.89. The molecule has 94 valence electrons. The quantitative estimate of drug-likeness (QED) is 0.623. The molecule has 0 atom stereocenters. The number of hydrogen-bond acceptors (Lipinski definition) is 5. The lowest BCUT2D eigenvalue weighted by Gasteiger charge is -2.06. The van der Waals surface area contributed by atoms with E-state index in [1.807, 2.05) is 29.8 Å². The number of methoxy groups -OCH3 is 1. The Kier molecular flexibility index (Phi) is 3.99. The Morgan fingerprint density at radius 2 is 2.22 bits per heavy atom. The zero-order chi connectivity index (χ0) is 13.0. The number of carbonyl (C=O) groups is 1. The van der Waals surface area contributed by atoms with Crippen LogP contribution in [-0.2, 0) is 17.5 Å². The highest BCUT2D eigenvalue weighted by atomic mass is 32.2. The number of nitrogens with zero attached hydrogens (tertiary/aromatic N) is 3. The van der Waals surface area contributed by atoms with Crippen LogP contribution in [-0.4, -0.2) is 27.8 Å². The molecule has 0 bridgehead atoms. The summed E-state index contributed by atoms with van der Waals surface area (Å²) in [6, 6.07) is 7.40. The lowest BCUT2D eigenvalue weighted by atomic mass is 10.1. The summed E-state index contributed by atoms with van der Waals surface area (Å²) in [6.07, 6.45) is 1.65. The van der Waals surface area contributed by atoms with E-state index in [1.54, 1.807) is 12.4 Å². The van der Waals surface area contributed by atoms with Gasteiger partial charge in [0.2, 0.25) is 0 Å². The summed E-state index contributed by atoms with van der Waals surface area (Å²) in [5, 5.41) is 8.61. The number of thioether (sulfide) groups is 1. The van der Waals surface area contributed by atoms with E-state index in [1.165, 1.54) is 18.9 Å². The second kappa shape index (κ2) is 5.68. The fourth-order valence-corrected chi connectivity index (χ4v) is 2.39. The van der Waals surface area contributed by atoms with Crippen molar-refractivity contribution in [3.63, 3.8) is 0 Å². The summed E-state index contributed by atoms with van der Waals surface area (Å²) in [7, 11) is 3.27. The van der Waals surface area contributed by atoms with E-state index >= 15 is 0 Å². The van der Waals surface area contributed by atoms with Crippen molar-refractivity contribution < 1.29 is 9.53 Å². The molecule has 2 rings (SSSR count). The average molecular weight is 263 g/mol. The maximum atomic E-state index is 11.6. The first-order valence-corrected chi connectivity index (χ1v) is 6.34. The van der Waals surface area contributed by atoms with Gasteiger partial charge in [0.1, 0.15) is 6.33 Å². The summed E-state index contributed by atoms with van der Waals surface area (Å²) in [5.41, 5.74) is 1.52. The largest absolute Gasteiger partial charge is 0.465 e. The van der Waals surface area contributed by atoms with Crippen LogP contribution in [0.15, 0.2) is 35.7 Å². The third-order valence-electron chi connectivity index (χ3n) is 2.45. The summed E-state index contributed by atoms with van der Waals surface area (Å²) >= 11 is 1.53. The van der Waals surface area contributed by atoms with Crippen molar-refractivity contribution in [2.24, 2.45) is 7.05 Å². The molecule has 5 nitrogen and oxygen atoms in total. The fourth-order valence-electron chi connectivity index (χ4n) is 1.50.